The summed E-state index contributed by atoms with van der Waals surface area (Å²) in [5.74, 6) is 1.05. The number of nitrogen functional groups attached to an aromatic ring is 1. The summed E-state index contributed by atoms with van der Waals surface area (Å²) in [6.45, 7) is 6.08. The number of nitrogens with zero attached hydrogens (tertiary/aromatic N) is 3. The van der Waals surface area contributed by atoms with Crippen LogP contribution >= 0.6 is 11.3 Å². The number of fused-ring (bicyclic) bond motifs is 1. The van der Waals surface area contributed by atoms with Gasteiger partial charge in [-0.25, -0.2) is 4.98 Å². The van der Waals surface area contributed by atoms with Crippen molar-refractivity contribution in [3.05, 3.63) is 10.9 Å². The minimum absolute atomic E-state index is 0.0413. The third-order valence-electron chi connectivity index (χ3n) is 3.40. The third kappa shape index (κ3) is 2.50. The fraction of sp³-hybridized carbons (Fsp3) is 0.538. The Bertz CT molecular complexity index is 594. The first-order valence-electron chi connectivity index (χ1n) is 6.29. The van der Waals surface area contributed by atoms with Gasteiger partial charge in [0.15, 0.2) is 0 Å². The summed E-state index contributed by atoms with van der Waals surface area (Å²) in [5.41, 5.74) is 5.39. The van der Waals surface area contributed by atoms with Gasteiger partial charge in [-0.1, -0.05) is 6.92 Å². The minimum Gasteiger partial charge on any atom is -0.394 e. The maximum atomic E-state index is 9.50. The highest BCUT2D eigenvalue weighted by Gasteiger charge is 2.26. The zero-order valence-corrected chi connectivity index (χ0v) is 12.6. The van der Waals surface area contributed by atoms with Gasteiger partial charge in [0.05, 0.1) is 17.5 Å². The monoisotopic (exact) mass is 280 g/mol. The summed E-state index contributed by atoms with van der Waals surface area (Å²) < 4.78 is 0. The molecule has 2 rings (SSSR count). The Kier molecular flexibility index (Phi) is 3.64. The predicted molar refractivity (Wildman–Crippen MR) is 80.8 cm³/mol. The van der Waals surface area contributed by atoms with Gasteiger partial charge in [0.2, 0.25) is 5.95 Å². The Morgan fingerprint density at radius 3 is 2.68 bits per heavy atom. The first-order chi connectivity index (χ1) is 8.89. The van der Waals surface area contributed by atoms with Crippen molar-refractivity contribution < 1.29 is 5.11 Å². The number of aliphatic hydroxyl groups excluding tert-OH is 1. The fourth-order valence-corrected chi connectivity index (χ4v) is 2.76. The Morgan fingerprint density at radius 1 is 1.42 bits per heavy atom. The topological polar surface area (TPSA) is 75.3 Å². The highest BCUT2D eigenvalue weighted by molar-refractivity contribution is 7.18. The number of anilines is 2. The van der Waals surface area contributed by atoms with Crippen LogP contribution in [0.3, 0.4) is 0 Å². The molecule has 0 aliphatic rings. The maximum Gasteiger partial charge on any atom is 0.223 e. The molecule has 3 N–H and O–H groups in total. The van der Waals surface area contributed by atoms with Gasteiger partial charge in [-0.2, -0.15) is 4.98 Å². The molecule has 19 heavy (non-hydrogen) atoms. The van der Waals surface area contributed by atoms with Gasteiger partial charge >= 0.3 is 0 Å². The lowest BCUT2D eigenvalue weighted by Gasteiger charge is -2.35. The normalized spacial score (nSPS) is 12.1. The molecule has 6 heteroatoms. The van der Waals surface area contributed by atoms with Crippen molar-refractivity contribution in [1.82, 2.24) is 9.97 Å². The van der Waals surface area contributed by atoms with Crippen molar-refractivity contribution in [1.29, 1.82) is 0 Å². The third-order valence-corrected chi connectivity index (χ3v) is 4.58. The molecule has 0 radical (unpaired) electrons. The Hall–Kier alpha value is -1.40. The maximum absolute atomic E-state index is 9.50. The molecule has 0 saturated heterocycles. The van der Waals surface area contributed by atoms with Crippen molar-refractivity contribution in [2.45, 2.75) is 32.7 Å². The van der Waals surface area contributed by atoms with Crippen LogP contribution in [-0.4, -0.2) is 34.3 Å². The number of aryl methyl sites for hydroxylation is 1. The van der Waals surface area contributed by atoms with E-state index in [1.165, 1.54) is 4.88 Å². The zero-order valence-electron chi connectivity index (χ0n) is 11.8. The van der Waals surface area contributed by atoms with Gasteiger partial charge in [-0.15, -0.1) is 11.3 Å². The summed E-state index contributed by atoms with van der Waals surface area (Å²) in [7, 11) is 1.92. The van der Waals surface area contributed by atoms with E-state index >= 15 is 0 Å². The number of hydrogen-bond donors (Lipinski definition) is 2. The van der Waals surface area contributed by atoms with E-state index in [1.807, 2.05) is 25.8 Å². The minimum atomic E-state index is -0.401. The molecule has 2 aromatic rings. The number of nitrogens with two attached hydrogens (primary N) is 1. The summed E-state index contributed by atoms with van der Waals surface area (Å²) >= 11 is 1.64. The van der Waals surface area contributed by atoms with Crippen LogP contribution in [0.25, 0.3) is 10.2 Å². The summed E-state index contributed by atoms with van der Waals surface area (Å²) in [6, 6.07) is 2.11. The van der Waals surface area contributed by atoms with Gasteiger partial charge in [0.25, 0.3) is 0 Å². The van der Waals surface area contributed by atoms with E-state index in [0.29, 0.717) is 0 Å². The highest BCUT2D eigenvalue weighted by atomic mass is 32.1. The molecule has 0 atom stereocenters. The lowest BCUT2D eigenvalue weighted by atomic mass is 10.0. The Labute approximate surface area is 117 Å². The molecule has 0 fully saturated rings. The summed E-state index contributed by atoms with van der Waals surface area (Å²) in [6.07, 6.45) is 0.966. The molecule has 2 aromatic heterocycles. The van der Waals surface area contributed by atoms with Crippen molar-refractivity contribution in [2.24, 2.45) is 0 Å². The average Bonchev–Trinajstić information content (AvgIpc) is 2.79. The second-order valence-corrected chi connectivity index (χ2v) is 6.34. The van der Waals surface area contributed by atoms with E-state index in [-0.39, 0.29) is 12.6 Å². The molecule has 2 heterocycles. The Morgan fingerprint density at radius 2 is 2.11 bits per heavy atom. The van der Waals surface area contributed by atoms with Crippen LogP contribution in [0.1, 0.15) is 25.6 Å². The van der Waals surface area contributed by atoms with Gasteiger partial charge in [-0.05, 0) is 26.3 Å². The van der Waals surface area contributed by atoms with Crippen molar-refractivity contribution in [3.63, 3.8) is 0 Å². The number of rotatable bonds is 4. The van der Waals surface area contributed by atoms with Crippen LogP contribution < -0.4 is 10.6 Å². The molecule has 104 valence electrons. The number of aliphatic hydroxyl groups is 1. The van der Waals surface area contributed by atoms with Crippen LogP contribution in [0.5, 0.6) is 0 Å². The fourth-order valence-electron chi connectivity index (χ4n) is 1.80. The number of thiophene rings is 1. The second-order valence-electron chi connectivity index (χ2n) is 5.22. The number of hydrogen-bond acceptors (Lipinski definition) is 6. The molecular weight excluding hydrogens is 260 g/mol. The van der Waals surface area contributed by atoms with Crippen LogP contribution in [0.15, 0.2) is 6.07 Å². The van der Waals surface area contributed by atoms with E-state index in [4.69, 9.17) is 5.73 Å². The summed E-state index contributed by atoms with van der Waals surface area (Å²) in [4.78, 5) is 12.8. The van der Waals surface area contributed by atoms with Gasteiger partial charge in [0.1, 0.15) is 10.6 Å². The first kappa shape index (κ1) is 14.0. The Balaban J connectivity index is 2.61. The van der Waals surface area contributed by atoms with E-state index in [1.54, 1.807) is 11.3 Å². The molecule has 0 unspecified atom stereocenters. The van der Waals surface area contributed by atoms with Crippen molar-refractivity contribution in [3.8, 4) is 0 Å². The number of likely N-dealkylation sites (N-methyl/N-ethyl adjacent to an activating group) is 1. The molecule has 5 nitrogen and oxygen atoms in total. The highest BCUT2D eigenvalue weighted by Crippen LogP contribution is 2.33. The molecule has 0 aromatic carbocycles. The van der Waals surface area contributed by atoms with Crippen LogP contribution in [0.2, 0.25) is 0 Å². The average molecular weight is 280 g/mol. The van der Waals surface area contributed by atoms with E-state index < -0.39 is 5.54 Å². The standard InChI is InChI=1S/C13H20N4OS/c1-5-8-6-9-10(17(4)13(2,3)7-18)15-12(14)16-11(9)19-8/h6,18H,5,7H2,1-4H3,(H2,14,15,16). The first-order valence-corrected chi connectivity index (χ1v) is 7.11. The summed E-state index contributed by atoms with van der Waals surface area (Å²) in [5, 5.41) is 10.5. The lowest BCUT2D eigenvalue weighted by molar-refractivity contribution is 0.216. The van der Waals surface area contributed by atoms with E-state index in [9.17, 15) is 5.11 Å². The molecular formula is C13H20N4OS. The second kappa shape index (κ2) is 4.94. The smallest absolute Gasteiger partial charge is 0.223 e. The molecule has 0 aliphatic carbocycles. The SMILES string of the molecule is CCc1cc2c(N(C)C(C)(C)CO)nc(N)nc2s1. The number of aromatic nitrogens is 2. The van der Waals surface area contributed by atoms with Crippen LogP contribution in [0, 0.1) is 0 Å². The van der Waals surface area contributed by atoms with Gasteiger partial charge in [-0.3, -0.25) is 0 Å². The molecule has 0 spiro atoms. The van der Waals surface area contributed by atoms with Gasteiger partial charge in [0, 0.05) is 11.9 Å². The molecule has 0 bridgehead atoms. The largest absolute Gasteiger partial charge is 0.394 e. The molecule has 0 saturated carbocycles. The van der Waals surface area contributed by atoms with Crippen LogP contribution in [0.4, 0.5) is 11.8 Å². The molecule has 0 amide bonds. The lowest BCUT2D eigenvalue weighted by Crippen LogP contribution is -2.45. The van der Waals surface area contributed by atoms with Crippen molar-refractivity contribution in [2.75, 3.05) is 24.3 Å². The zero-order chi connectivity index (χ0) is 14.2. The van der Waals surface area contributed by atoms with Gasteiger partial charge < -0.3 is 15.7 Å². The van der Waals surface area contributed by atoms with Crippen LogP contribution in [-0.2, 0) is 6.42 Å². The predicted octanol–water partition coefficient (Wildman–Crippen LogP) is 2.04. The molecule has 0 aliphatic heterocycles. The van der Waals surface area contributed by atoms with Crippen molar-refractivity contribution >= 4 is 33.3 Å². The van der Waals surface area contributed by atoms with E-state index in [0.717, 1.165) is 22.5 Å². The van der Waals surface area contributed by atoms with E-state index in [2.05, 4.69) is 23.0 Å². The quantitative estimate of drug-likeness (QED) is 0.896.